The number of rotatable bonds is 0. The molecule has 1 radical (unpaired) electrons. The molecular formula is CHO3. The number of carbonyl (C=O) groups is 1. The molecule has 0 N–H and O–H groups in total. The Labute approximate surface area is 24.1 Å². The Morgan fingerprint density at radius 3 is 2.50 bits per heavy atom. The Morgan fingerprint density at radius 2 is 2.50 bits per heavy atom. The predicted molar refractivity (Wildman–Crippen MR) is 7.84 cm³/mol. The van der Waals surface area contributed by atoms with Crippen molar-refractivity contribution in [1.82, 2.24) is 0 Å². The molecule has 0 aromatic heterocycles. The molecule has 0 aromatic rings. The van der Waals surface area contributed by atoms with Crippen LogP contribution >= 0.6 is 0 Å². The highest BCUT2D eigenvalue weighted by Gasteiger charge is 1.52. The van der Waals surface area contributed by atoms with Gasteiger partial charge in [-0.2, -0.15) is 0 Å². The molecule has 4 heavy (non-hydrogen) atoms. The van der Waals surface area contributed by atoms with Crippen molar-refractivity contribution >= 4 is 6.45 Å². The third kappa shape index (κ3) is 1.43. The molecule has 0 spiro atoms. The van der Waals surface area contributed by atoms with Crippen LogP contribution in [0.5, 0.6) is 0 Å². The van der Waals surface area contributed by atoms with Gasteiger partial charge in [0, 0.05) is 5.26 Å². The fourth-order valence-corrected chi connectivity index (χ4v) is 0. The summed E-state index contributed by atoms with van der Waals surface area (Å²) in [5, 5.41) is 8.59. The summed E-state index contributed by atoms with van der Waals surface area (Å²) in [6.45, 7) is 0. The highest BCUT2D eigenvalue weighted by molar-refractivity contribution is 5.35. The van der Waals surface area contributed by atoms with E-state index in [0.717, 1.165) is 0 Å². The molecule has 0 amide bonds. The van der Waals surface area contributed by atoms with Crippen LogP contribution in [0.3, 0.4) is 0 Å². The van der Waals surface area contributed by atoms with Crippen LogP contribution in [0.25, 0.3) is 0 Å². The Hall–Kier alpha value is -0.570. The third-order valence-corrected chi connectivity index (χ3v) is 0.0340. The molecule has 0 aliphatic heterocycles. The maximum absolute atomic E-state index is 8.94. The molecule has 0 aliphatic carbocycles. The molecule has 0 unspecified atom stereocenters. The second-order valence-electron chi connectivity index (χ2n) is 0.167. The largest absolute Gasteiger partial charge is 0.334 e. The van der Waals surface area contributed by atoms with Gasteiger partial charge in [0.05, 0.1) is 0 Å². The first-order valence-electron chi connectivity index (χ1n) is 1.07. The van der Waals surface area contributed by atoms with Gasteiger partial charge in [0.1, 0.15) is 0 Å². The second-order valence-corrected chi connectivity index (χ2v) is 0.167. The van der Waals surface area contributed by atoms with Crippen LogP contribution in [-0.2, 0) is 14.9 Å². The molecule has 3 heteroatoms. The summed E-state index contributed by atoms with van der Waals surface area (Å²) in [6.07, 6.45) is -1.55. The Kier molecular flexibility index (Phi) is 1.05. The van der Waals surface area contributed by atoms with Crippen molar-refractivity contribution in [3.8, 4) is 0 Å². The third-order valence-electron chi connectivity index (χ3n) is 0.0340. The second kappa shape index (κ2) is 2.43. The quantitative estimate of drug-likeness (QED) is 0.216. The van der Waals surface area contributed by atoms with Crippen LogP contribution in [0.2, 0.25) is 0 Å². The van der Waals surface area contributed by atoms with E-state index in [2.05, 4.69) is 4.89 Å². The standard InChI is InChI=1S/CHO3/c2-1-4-3/h1H/i1D. The van der Waals surface area contributed by atoms with E-state index in [1.165, 1.54) is 0 Å². The summed E-state index contributed by atoms with van der Waals surface area (Å²) in [4.78, 5) is 11.5. The summed E-state index contributed by atoms with van der Waals surface area (Å²) in [5.74, 6) is 0. The van der Waals surface area contributed by atoms with Crippen molar-refractivity contribution in [1.29, 1.82) is 0 Å². The number of hydrogen-bond acceptors (Lipinski definition) is 2. The minimum absolute atomic E-state index is 1.55. The number of hydrogen-bond donors (Lipinski definition) is 0. The number of carbonyl (C=O) groups excluding carboxylic acids is 1. The molecule has 0 aliphatic rings. The summed E-state index contributed by atoms with van der Waals surface area (Å²) in [5.41, 5.74) is 0. The van der Waals surface area contributed by atoms with Gasteiger partial charge in [0.2, 0.25) is 0 Å². The lowest BCUT2D eigenvalue weighted by molar-refractivity contribution is -0.264. The monoisotopic (exact) mass is 62.0 g/mol. The fourth-order valence-electron chi connectivity index (χ4n) is 0. The molecule has 0 heterocycles. The van der Waals surface area contributed by atoms with Crippen molar-refractivity contribution in [2.24, 2.45) is 0 Å². The molecule has 0 saturated carbocycles. The smallest absolute Gasteiger partial charge is 0.269 e. The van der Waals surface area contributed by atoms with E-state index in [9.17, 15) is 0 Å². The lowest BCUT2D eigenvalue weighted by Gasteiger charge is -1.56. The Bertz CT molecular complexity index is 42.2. The summed E-state index contributed by atoms with van der Waals surface area (Å²) >= 11 is 0. The molecule has 0 rings (SSSR count). The van der Waals surface area contributed by atoms with Crippen LogP contribution in [0, 0.1) is 0 Å². The van der Waals surface area contributed by atoms with Crippen LogP contribution in [0.1, 0.15) is 1.37 Å². The van der Waals surface area contributed by atoms with Gasteiger partial charge in [-0.15, -0.1) is 0 Å². The lowest BCUT2D eigenvalue weighted by Crippen LogP contribution is -1.66. The normalized spacial score (nSPS) is 8.75. The van der Waals surface area contributed by atoms with Gasteiger partial charge in [0.25, 0.3) is 0 Å². The maximum atomic E-state index is 8.94. The zero-order valence-corrected chi connectivity index (χ0v) is 1.72. The predicted octanol–water partition coefficient (Wildman–Crippen LogP) is -0.495. The summed E-state index contributed by atoms with van der Waals surface area (Å²) in [7, 11) is 0. The van der Waals surface area contributed by atoms with Crippen molar-refractivity contribution in [3.63, 3.8) is 0 Å². The molecular weight excluding hydrogens is 60.0 g/mol. The Balaban J connectivity index is 2.85. The molecule has 23 valence electrons. The van der Waals surface area contributed by atoms with Gasteiger partial charge >= 0.3 is 6.45 Å². The van der Waals surface area contributed by atoms with E-state index in [4.69, 9.17) is 11.4 Å². The van der Waals surface area contributed by atoms with Gasteiger partial charge in [-0.3, -0.25) is 9.68 Å². The summed E-state index contributed by atoms with van der Waals surface area (Å²) in [6, 6.07) is 0. The average Bonchev–Trinajstić information content (AvgIpc) is 1.38. The minimum Gasteiger partial charge on any atom is -0.269 e. The fraction of sp³-hybridized carbons (Fsp3) is 0. The zero-order chi connectivity index (χ0) is 4.28. The first kappa shape index (κ1) is 1.72. The molecule has 0 bridgehead atoms. The van der Waals surface area contributed by atoms with E-state index < -0.39 is 6.45 Å². The first-order chi connectivity index (χ1) is 2.27. The first-order valence-corrected chi connectivity index (χ1v) is 0.575. The van der Waals surface area contributed by atoms with Gasteiger partial charge in [-0.25, -0.2) is 0 Å². The van der Waals surface area contributed by atoms with Gasteiger partial charge < -0.3 is 0 Å². The summed E-state index contributed by atoms with van der Waals surface area (Å²) < 4.78 is 5.65. The molecule has 3 nitrogen and oxygen atoms in total. The van der Waals surface area contributed by atoms with Crippen molar-refractivity contribution < 1.29 is 16.3 Å². The average molecular weight is 62.0 g/mol. The molecule has 0 saturated heterocycles. The van der Waals surface area contributed by atoms with E-state index in [0.29, 0.717) is 0 Å². The van der Waals surface area contributed by atoms with E-state index in [1.807, 2.05) is 0 Å². The van der Waals surface area contributed by atoms with Crippen LogP contribution < -0.4 is 0 Å². The van der Waals surface area contributed by atoms with Crippen LogP contribution in [0.4, 0.5) is 0 Å². The Morgan fingerprint density at radius 1 is 2.25 bits per heavy atom. The van der Waals surface area contributed by atoms with E-state index in [1.54, 1.807) is 0 Å². The van der Waals surface area contributed by atoms with Gasteiger partial charge in [-0.1, -0.05) is 0 Å². The lowest BCUT2D eigenvalue weighted by atomic mass is 11.7. The van der Waals surface area contributed by atoms with E-state index in [-0.39, 0.29) is 0 Å². The highest BCUT2D eigenvalue weighted by atomic mass is 17.1. The van der Waals surface area contributed by atoms with Crippen LogP contribution in [-0.4, -0.2) is 6.45 Å². The maximum Gasteiger partial charge on any atom is 0.334 e. The van der Waals surface area contributed by atoms with Gasteiger partial charge in [0.15, 0.2) is 1.37 Å². The SMILES string of the molecule is [2H]C(=O)O[O]. The minimum atomic E-state index is -1.55. The van der Waals surface area contributed by atoms with Crippen molar-refractivity contribution in [3.05, 3.63) is 0 Å². The topological polar surface area (TPSA) is 46.2 Å². The molecule has 0 aromatic carbocycles. The van der Waals surface area contributed by atoms with Crippen molar-refractivity contribution in [2.45, 2.75) is 0 Å². The van der Waals surface area contributed by atoms with Crippen LogP contribution in [0.15, 0.2) is 0 Å². The highest BCUT2D eigenvalue weighted by Crippen LogP contribution is 1.37. The van der Waals surface area contributed by atoms with Crippen molar-refractivity contribution in [2.75, 3.05) is 0 Å². The van der Waals surface area contributed by atoms with Gasteiger partial charge in [-0.05, 0) is 0 Å². The van der Waals surface area contributed by atoms with E-state index >= 15 is 0 Å². The molecule has 0 fully saturated rings. The molecule has 0 atom stereocenters. The zero-order valence-electron chi connectivity index (χ0n) is 2.72.